The van der Waals surface area contributed by atoms with E-state index in [0.29, 0.717) is 19.8 Å². The van der Waals surface area contributed by atoms with E-state index in [1.807, 2.05) is 48.5 Å². The van der Waals surface area contributed by atoms with Crippen LogP contribution in [0.1, 0.15) is 10.5 Å². The number of nitrogens with one attached hydrogen (secondary N) is 2. The number of hydrogen-bond acceptors (Lipinski definition) is 3. The molecule has 1 aromatic heterocycles. The molecule has 1 amide bonds. The molecule has 3 aromatic rings. The topological polar surface area (TPSA) is 57.8 Å². The number of halogens is 3. The predicted octanol–water partition coefficient (Wildman–Crippen LogP) is 5.99. The molecule has 8 heteroatoms. The molecule has 0 spiro atoms. The third-order valence-corrected chi connectivity index (χ3v) is 6.27. The summed E-state index contributed by atoms with van der Waals surface area (Å²) in [5.41, 5.74) is 1.00. The van der Waals surface area contributed by atoms with Crippen LogP contribution in [-0.2, 0) is 0 Å². The molecule has 2 aromatic carbocycles. The zero-order chi connectivity index (χ0) is 17.1. The van der Waals surface area contributed by atoms with Gasteiger partial charge in [-0.15, -0.1) is 0 Å². The van der Waals surface area contributed by atoms with Gasteiger partial charge >= 0.3 is 0 Å². The minimum absolute atomic E-state index is 0.285. The fourth-order valence-corrected chi connectivity index (χ4v) is 3.59. The van der Waals surface area contributed by atoms with Gasteiger partial charge in [0.15, 0.2) is 5.69 Å². The first kappa shape index (κ1) is 17.5. The lowest BCUT2D eigenvalue weighted by molar-refractivity contribution is 0.102. The molecule has 24 heavy (non-hydrogen) atoms. The SMILES string of the molecule is O=C(Nc1ccccc1Sc1ccc(Cl)cc1)c1n[nH]c(Br)c1Br. The Kier molecular flexibility index (Phi) is 5.65. The van der Waals surface area contributed by atoms with Crippen molar-refractivity contribution in [3.05, 3.63) is 68.3 Å². The second-order valence-corrected chi connectivity index (χ2v) is 7.84. The average Bonchev–Trinajstić information content (AvgIpc) is 2.91. The third kappa shape index (κ3) is 4.03. The van der Waals surface area contributed by atoms with Crippen LogP contribution >= 0.6 is 55.2 Å². The van der Waals surface area contributed by atoms with Crippen LogP contribution in [0.3, 0.4) is 0 Å². The largest absolute Gasteiger partial charge is 0.320 e. The molecule has 0 saturated carbocycles. The summed E-state index contributed by atoms with van der Waals surface area (Å²) in [6, 6.07) is 15.1. The van der Waals surface area contributed by atoms with Gasteiger partial charge in [0.1, 0.15) is 4.60 Å². The van der Waals surface area contributed by atoms with Crippen LogP contribution in [0.15, 0.2) is 67.4 Å². The first-order valence-corrected chi connectivity index (χ1v) is 9.56. The first-order valence-electron chi connectivity index (χ1n) is 6.78. The fraction of sp³-hybridized carbons (Fsp3) is 0. The molecule has 0 saturated heterocycles. The number of carbonyl (C=O) groups excluding carboxylic acids is 1. The molecule has 0 aliphatic rings. The van der Waals surface area contributed by atoms with E-state index in [1.165, 1.54) is 0 Å². The summed E-state index contributed by atoms with van der Waals surface area (Å²) in [7, 11) is 0. The minimum atomic E-state index is -0.298. The number of para-hydroxylation sites is 1. The van der Waals surface area contributed by atoms with Crippen molar-refractivity contribution in [2.24, 2.45) is 0 Å². The van der Waals surface area contributed by atoms with Crippen LogP contribution in [0.2, 0.25) is 5.02 Å². The zero-order valence-corrected chi connectivity index (χ0v) is 16.8. The van der Waals surface area contributed by atoms with E-state index in [9.17, 15) is 4.79 Å². The molecule has 0 bridgehead atoms. The highest BCUT2D eigenvalue weighted by molar-refractivity contribution is 9.13. The van der Waals surface area contributed by atoms with Crippen molar-refractivity contribution in [2.45, 2.75) is 9.79 Å². The monoisotopic (exact) mass is 485 g/mol. The van der Waals surface area contributed by atoms with Gasteiger partial charge < -0.3 is 5.32 Å². The van der Waals surface area contributed by atoms with Crippen LogP contribution in [-0.4, -0.2) is 16.1 Å². The molecule has 4 nitrogen and oxygen atoms in total. The number of nitrogens with zero attached hydrogens (tertiary/aromatic N) is 1. The van der Waals surface area contributed by atoms with E-state index < -0.39 is 0 Å². The van der Waals surface area contributed by atoms with Crippen molar-refractivity contribution in [1.29, 1.82) is 0 Å². The Morgan fingerprint density at radius 3 is 2.50 bits per heavy atom. The quantitative estimate of drug-likeness (QED) is 0.475. The molecule has 0 radical (unpaired) electrons. The molecule has 2 N–H and O–H groups in total. The van der Waals surface area contributed by atoms with Gasteiger partial charge in [0.25, 0.3) is 5.91 Å². The van der Waals surface area contributed by atoms with Crippen LogP contribution in [0.5, 0.6) is 0 Å². The van der Waals surface area contributed by atoms with E-state index >= 15 is 0 Å². The maximum atomic E-state index is 12.4. The molecule has 122 valence electrons. The molecular formula is C16H10Br2ClN3OS. The van der Waals surface area contributed by atoms with Gasteiger partial charge in [-0.05, 0) is 68.3 Å². The highest BCUT2D eigenvalue weighted by Gasteiger charge is 2.17. The van der Waals surface area contributed by atoms with E-state index in [2.05, 4.69) is 47.4 Å². The molecule has 0 aliphatic heterocycles. The van der Waals surface area contributed by atoms with Crippen LogP contribution in [0, 0.1) is 0 Å². The number of aromatic nitrogens is 2. The molecule has 0 aliphatic carbocycles. The summed E-state index contributed by atoms with van der Waals surface area (Å²) in [6.07, 6.45) is 0. The van der Waals surface area contributed by atoms with Gasteiger partial charge in [0.05, 0.1) is 10.2 Å². The maximum Gasteiger partial charge on any atom is 0.277 e. The summed E-state index contributed by atoms with van der Waals surface area (Å²) >= 11 is 14.1. The molecule has 3 rings (SSSR count). The van der Waals surface area contributed by atoms with Gasteiger partial charge in [0.2, 0.25) is 0 Å². The van der Waals surface area contributed by atoms with Crippen LogP contribution in [0.4, 0.5) is 5.69 Å². The highest BCUT2D eigenvalue weighted by atomic mass is 79.9. The van der Waals surface area contributed by atoms with Gasteiger partial charge in [0, 0.05) is 14.8 Å². The van der Waals surface area contributed by atoms with Crippen LogP contribution < -0.4 is 5.32 Å². The number of hydrogen-bond donors (Lipinski definition) is 2. The van der Waals surface area contributed by atoms with Gasteiger partial charge in [-0.2, -0.15) is 5.10 Å². The van der Waals surface area contributed by atoms with Crippen molar-refractivity contribution >= 4 is 66.8 Å². The number of benzene rings is 2. The summed E-state index contributed by atoms with van der Waals surface area (Å²) in [6.45, 7) is 0. The molecule has 1 heterocycles. The van der Waals surface area contributed by atoms with E-state index in [1.54, 1.807) is 11.8 Å². The lowest BCUT2D eigenvalue weighted by Gasteiger charge is -2.10. The smallest absolute Gasteiger partial charge is 0.277 e. The van der Waals surface area contributed by atoms with Crippen molar-refractivity contribution in [1.82, 2.24) is 10.2 Å². The summed E-state index contributed by atoms with van der Waals surface area (Å²) in [4.78, 5) is 14.4. The third-order valence-electron chi connectivity index (χ3n) is 3.06. The molecule has 0 unspecified atom stereocenters. The number of rotatable bonds is 4. The maximum absolute atomic E-state index is 12.4. The van der Waals surface area contributed by atoms with Gasteiger partial charge in [-0.25, -0.2) is 0 Å². The standard InChI is InChI=1S/C16H10Br2ClN3OS/c17-13-14(21-22-15(13)18)16(23)20-11-3-1-2-4-12(11)24-10-7-5-9(19)6-8-10/h1-8H,(H,20,23)(H,21,22). The Morgan fingerprint density at radius 1 is 1.12 bits per heavy atom. The number of aromatic amines is 1. The highest BCUT2D eigenvalue weighted by Crippen LogP contribution is 2.34. The normalized spacial score (nSPS) is 10.6. The van der Waals surface area contributed by atoms with Crippen molar-refractivity contribution < 1.29 is 4.79 Å². The van der Waals surface area contributed by atoms with Gasteiger partial charge in [-0.1, -0.05) is 35.5 Å². The van der Waals surface area contributed by atoms with Crippen molar-refractivity contribution in [3.8, 4) is 0 Å². The van der Waals surface area contributed by atoms with Gasteiger partial charge in [-0.3, -0.25) is 9.89 Å². The van der Waals surface area contributed by atoms with Crippen molar-refractivity contribution in [3.63, 3.8) is 0 Å². The Morgan fingerprint density at radius 2 is 1.83 bits per heavy atom. The number of anilines is 1. The molecule has 0 atom stereocenters. The predicted molar refractivity (Wildman–Crippen MR) is 104 cm³/mol. The Balaban J connectivity index is 1.82. The second-order valence-electron chi connectivity index (χ2n) is 4.71. The summed E-state index contributed by atoms with van der Waals surface area (Å²) < 4.78 is 1.21. The molecular weight excluding hydrogens is 478 g/mol. The van der Waals surface area contributed by atoms with Crippen LogP contribution in [0.25, 0.3) is 0 Å². The average molecular weight is 488 g/mol. The number of H-pyrrole nitrogens is 1. The van der Waals surface area contributed by atoms with E-state index in [0.717, 1.165) is 9.79 Å². The van der Waals surface area contributed by atoms with E-state index in [-0.39, 0.29) is 11.6 Å². The first-order chi connectivity index (χ1) is 11.5. The summed E-state index contributed by atoms with van der Waals surface area (Å²) in [5.74, 6) is -0.298. The second kappa shape index (κ2) is 7.74. The number of carbonyl (C=O) groups is 1. The number of amides is 1. The van der Waals surface area contributed by atoms with Crippen molar-refractivity contribution in [2.75, 3.05) is 5.32 Å². The summed E-state index contributed by atoms with van der Waals surface area (Å²) in [5, 5.41) is 10.3. The minimum Gasteiger partial charge on any atom is -0.320 e. The van der Waals surface area contributed by atoms with E-state index in [4.69, 9.17) is 11.6 Å². The lowest BCUT2D eigenvalue weighted by Crippen LogP contribution is -2.13. The Bertz CT molecular complexity index is 883. The Hall–Kier alpha value is -1.28. The molecule has 0 fully saturated rings. The Labute approximate surface area is 164 Å². The lowest BCUT2D eigenvalue weighted by atomic mass is 10.3. The fourth-order valence-electron chi connectivity index (χ4n) is 1.93. The zero-order valence-electron chi connectivity index (χ0n) is 12.0.